The van der Waals surface area contributed by atoms with Crippen molar-refractivity contribution in [3.05, 3.63) is 425 Å². The quantitative estimate of drug-likeness (QED) is 0.0971. The van der Waals surface area contributed by atoms with Gasteiger partial charge in [0.15, 0.2) is 11.6 Å². The van der Waals surface area contributed by atoms with E-state index in [1.165, 1.54) is 0 Å². The highest BCUT2D eigenvalue weighted by Crippen LogP contribution is 2.42. The second-order valence-corrected chi connectivity index (χ2v) is 29.8. The third kappa shape index (κ3) is 14.2. The molecule has 0 saturated carbocycles. The SMILES string of the molecule is c1ccc(-c2cc(-c3ccc(-c4cc(-c5ccccc5)nc5c4ccc4ccc(-c6ccccc6)nc45)cc3)nc(-c3cccc(-c4cccc5cccnc45)c3)n2)cc1.c1ccc(-c2cc(-c3cccc(-c4cccc5cccnc45)c3)nc(-c3ccc(-c4cc(-c5ccccc5)nc5c4ccc4ccc(-c6ccccc6)nc45)cc3)n2)cc1. The molecule has 0 radical (unpaired) electrons. The molecule has 120 heavy (non-hydrogen) atoms. The Balaban J connectivity index is 0.000000148. The number of aromatic nitrogens is 10. The number of hydrogen-bond acceptors (Lipinski definition) is 10. The maximum Gasteiger partial charge on any atom is 0.160 e. The summed E-state index contributed by atoms with van der Waals surface area (Å²) in [5, 5.41) is 6.40. The number of pyridine rings is 6. The van der Waals surface area contributed by atoms with Crippen LogP contribution in [0.5, 0.6) is 0 Å². The lowest BCUT2D eigenvalue weighted by Crippen LogP contribution is -1.96. The van der Waals surface area contributed by atoms with Crippen molar-refractivity contribution >= 4 is 65.4 Å². The first-order valence-corrected chi connectivity index (χ1v) is 40.1. The number of benzene rings is 14. The van der Waals surface area contributed by atoms with E-state index in [9.17, 15) is 0 Å². The molecule has 0 amide bonds. The largest absolute Gasteiger partial charge is 0.256 e. The average Bonchev–Trinajstić information content (AvgIpc) is 0.753. The normalized spacial score (nSPS) is 11.3. The van der Waals surface area contributed by atoms with Crippen LogP contribution in [0.4, 0.5) is 0 Å². The molecule has 10 heteroatoms. The average molecular weight is 1530 g/mol. The van der Waals surface area contributed by atoms with Gasteiger partial charge in [0.05, 0.1) is 78.7 Å². The molecule has 0 N–H and O–H groups in total. The molecular formula is C110H70N10. The first kappa shape index (κ1) is 71.5. The summed E-state index contributed by atoms with van der Waals surface area (Å²) in [6.45, 7) is 0. The molecule has 0 fully saturated rings. The van der Waals surface area contributed by atoms with Gasteiger partial charge in [-0.2, -0.15) is 0 Å². The molecule has 0 spiro atoms. The lowest BCUT2D eigenvalue weighted by atomic mass is 9.95. The number of hydrogen-bond donors (Lipinski definition) is 0. The van der Waals surface area contributed by atoms with Crippen molar-refractivity contribution < 1.29 is 0 Å². The highest BCUT2D eigenvalue weighted by molar-refractivity contribution is 6.12. The third-order valence-corrected chi connectivity index (χ3v) is 22.3. The summed E-state index contributed by atoms with van der Waals surface area (Å²) in [5.41, 5.74) is 31.3. The minimum Gasteiger partial charge on any atom is -0.256 e. The smallest absolute Gasteiger partial charge is 0.160 e. The highest BCUT2D eigenvalue weighted by atomic mass is 14.9. The van der Waals surface area contributed by atoms with Crippen LogP contribution in [0.1, 0.15) is 0 Å². The Labute approximate surface area is 693 Å². The van der Waals surface area contributed by atoms with Crippen LogP contribution < -0.4 is 0 Å². The maximum absolute atomic E-state index is 5.29. The molecule has 0 saturated heterocycles. The van der Waals surface area contributed by atoms with Crippen LogP contribution in [-0.4, -0.2) is 49.8 Å². The number of nitrogens with zero attached hydrogens (tertiary/aromatic N) is 10. The maximum atomic E-state index is 5.29. The van der Waals surface area contributed by atoms with Crippen molar-refractivity contribution in [3.63, 3.8) is 0 Å². The van der Waals surface area contributed by atoms with Crippen molar-refractivity contribution in [2.75, 3.05) is 0 Å². The Morgan fingerprint density at radius 1 is 0.133 bits per heavy atom. The monoisotopic (exact) mass is 1530 g/mol. The lowest BCUT2D eigenvalue weighted by molar-refractivity contribution is 1.18. The Kier molecular flexibility index (Phi) is 18.7. The molecule has 22 rings (SSSR count). The zero-order valence-electron chi connectivity index (χ0n) is 64.9. The molecule has 560 valence electrons. The van der Waals surface area contributed by atoms with Gasteiger partial charge in [-0.05, 0) is 94.0 Å². The van der Waals surface area contributed by atoms with E-state index >= 15 is 0 Å². The van der Waals surface area contributed by atoms with Gasteiger partial charge < -0.3 is 0 Å². The molecule has 0 aliphatic heterocycles. The molecule has 0 aliphatic rings. The van der Waals surface area contributed by atoms with Crippen molar-refractivity contribution in [1.29, 1.82) is 0 Å². The minimum absolute atomic E-state index is 0.656. The first-order valence-electron chi connectivity index (χ1n) is 40.1. The molecule has 0 unspecified atom stereocenters. The van der Waals surface area contributed by atoms with Crippen molar-refractivity contribution in [2.45, 2.75) is 0 Å². The van der Waals surface area contributed by atoms with E-state index in [1.54, 1.807) is 0 Å². The fourth-order valence-corrected chi connectivity index (χ4v) is 16.2. The van der Waals surface area contributed by atoms with E-state index in [2.05, 4.69) is 315 Å². The number of para-hydroxylation sites is 2. The van der Waals surface area contributed by atoms with E-state index in [4.69, 9.17) is 49.8 Å². The molecular weight excluding hydrogens is 1460 g/mol. The van der Waals surface area contributed by atoms with Crippen LogP contribution in [-0.2, 0) is 0 Å². The van der Waals surface area contributed by atoms with Crippen molar-refractivity contribution in [2.24, 2.45) is 0 Å². The van der Waals surface area contributed by atoms with Gasteiger partial charge in [-0.15, -0.1) is 0 Å². The Hall–Kier alpha value is -16.3. The van der Waals surface area contributed by atoms with Gasteiger partial charge in [0.2, 0.25) is 0 Å². The van der Waals surface area contributed by atoms with Gasteiger partial charge in [-0.3, -0.25) is 9.97 Å². The van der Waals surface area contributed by atoms with Crippen LogP contribution >= 0.6 is 0 Å². The van der Waals surface area contributed by atoms with Crippen LogP contribution in [0.25, 0.3) is 223 Å². The second kappa shape index (κ2) is 31.5. The molecule has 0 aliphatic carbocycles. The summed E-state index contributed by atoms with van der Waals surface area (Å²) in [6.07, 6.45) is 3.70. The van der Waals surface area contributed by atoms with Crippen LogP contribution in [0, 0.1) is 0 Å². The highest BCUT2D eigenvalue weighted by Gasteiger charge is 2.21. The Bertz CT molecular complexity index is 7140. The molecule has 0 bridgehead atoms. The van der Waals surface area contributed by atoms with E-state index < -0.39 is 0 Å². The minimum atomic E-state index is 0.656. The topological polar surface area (TPSA) is 129 Å². The van der Waals surface area contributed by atoms with Gasteiger partial charge >= 0.3 is 0 Å². The van der Waals surface area contributed by atoms with Gasteiger partial charge in [0.1, 0.15) is 0 Å². The van der Waals surface area contributed by atoms with E-state index in [0.29, 0.717) is 11.6 Å². The third-order valence-electron chi connectivity index (χ3n) is 22.3. The predicted octanol–water partition coefficient (Wildman–Crippen LogP) is 27.6. The van der Waals surface area contributed by atoms with Crippen molar-refractivity contribution in [3.8, 4) is 157 Å². The Morgan fingerprint density at radius 2 is 0.417 bits per heavy atom. The molecule has 10 nitrogen and oxygen atoms in total. The lowest BCUT2D eigenvalue weighted by Gasteiger charge is -2.14. The summed E-state index contributed by atoms with van der Waals surface area (Å²) in [6, 6.07) is 143. The summed E-state index contributed by atoms with van der Waals surface area (Å²) < 4.78 is 0. The molecule has 22 aromatic rings. The van der Waals surface area contributed by atoms with Gasteiger partial charge in [-0.1, -0.05) is 352 Å². The van der Waals surface area contributed by atoms with Gasteiger partial charge in [0.25, 0.3) is 0 Å². The summed E-state index contributed by atoms with van der Waals surface area (Å²) in [7, 11) is 0. The zero-order chi connectivity index (χ0) is 79.7. The second-order valence-electron chi connectivity index (χ2n) is 29.8. The van der Waals surface area contributed by atoms with Crippen LogP contribution in [0.15, 0.2) is 425 Å². The zero-order valence-corrected chi connectivity index (χ0v) is 64.9. The fourth-order valence-electron chi connectivity index (χ4n) is 16.2. The van der Waals surface area contributed by atoms with Crippen LogP contribution in [0.3, 0.4) is 0 Å². The summed E-state index contributed by atoms with van der Waals surface area (Å²) in [4.78, 5) is 51.2. The predicted molar refractivity (Wildman–Crippen MR) is 492 cm³/mol. The molecule has 8 heterocycles. The van der Waals surface area contributed by atoms with E-state index in [0.717, 1.165) is 211 Å². The fraction of sp³-hybridized carbons (Fsp3) is 0. The van der Waals surface area contributed by atoms with E-state index in [-0.39, 0.29) is 0 Å². The summed E-state index contributed by atoms with van der Waals surface area (Å²) >= 11 is 0. The van der Waals surface area contributed by atoms with Gasteiger partial charge in [0, 0.05) is 111 Å². The number of fused-ring (bicyclic) bond motifs is 8. The standard InChI is InChI=1S/2C55H35N5/c1-4-13-37(14-5-1)48-31-29-42-28-30-46-47(34-49(38-15-6-2-7-16-38)58-54(46)53(42)57-48)36-24-26-40(27-25-36)51-35-50(39-17-8-3-9-18-39)59-55(60-51)44-21-10-20-43(33-44)45-23-11-19-41-22-12-32-56-52(41)45;1-4-13-37(14-5-1)48-31-29-41-28-30-46-47(34-49(38-15-6-2-7-16-38)58-54(46)53(41)57-48)36-24-26-42(27-25-36)55-59-50(39-17-8-3-9-18-39)35-51(60-55)44-21-10-20-43(33-44)45-23-11-19-40-22-12-32-56-52(40)45/h2*1-35H. The molecule has 0 atom stereocenters. The first-order chi connectivity index (χ1) is 59.4. The van der Waals surface area contributed by atoms with Crippen molar-refractivity contribution in [1.82, 2.24) is 49.8 Å². The molecule has 8 aromatic heterocycles. The molecule has 14 aromatic carbocycles. The Morgan fingerprint density at radius 3 is 0.833 bits per heavy atom. The summed E-state index contributed by atoms with van der Waals surface area (Å²) in [5.74, 6) is 1.32. The van der Waals surface area contributed by atoms with Gasteiger partial charge in [-0.25, -0.2) is 39.9 Å². The van der Waals surface area contributed by atoms with E-state index in [1.807, 2.05) is 109 Å². The van der Waals surface area contributed by atoms with Crippen LogP contribution in [0.2, 0.25) is 0 Å². The number of rotatable bonds is 14.